The van der Waals surface area contributed by atoms with Crippen LogP contribution in [0.5, 0.6) is 0 Å². The summed E-state index contributed by atoms with van der Waals surface area (Å²) >= 11 is 0. The van der Waals surface area contributed by atoms with Gasteiger partial charge in [0.25, 0.3) is 0 Å². The maximum Gasteiger partial charge on any atom is 0.222 e. The van der Waals surface area contributed by atoms with Crippen LogP contribution in [0.3, 0.4) is 0 Å². The van der Waals surface area contributed by atoms with Crippen molar-refractivity contribution in [2.24, 2.45) is 5.73 Å². The SMILES string of the molecule is CC(N)CCC(=O)NC1CNC(=O)C1. The molecule has 5 heteroatoms. The largest absolute Gasteiger partial charge is 0.354 e. The van der Waals surface area contributed by atoms with E-state index in [2.05, 4.69) is 10.6 Å². The molecule has 1 aliphatic heterocycles. The van der Waals surface area contributed by atoms with Gasteiger partial charge < -0.3 is 16.4 Å². The molecule has 0 radical (unpaired) electrons. The molecule has 80 valence electrons. The van der Waals surface area contributed by atoms with E-state index < -0.39 is 0 Å². The topological polar surface area (TPSA) is 84.2 Å². The van der Waals surface area contributed by atoms with Gasteiger partial charge in [0.05, 0.1) is 6.04 Å². The molecule has 1 fully saturated rings. The van der Waals surface area contributed by atoms with E-state index in [0.29, 0.717) is 25.8 Å². The van der Waals surface area contributed by atoms with E-state index in [1.54, 1.807) is 0 Å². The molecule has 0 bridgehead atoms. The maximum absolute atomic E-state index is 11.3. The first-order valence-electron chi connectivity index (χ1n) is 4.89. The number of hydrogen-bond acceptors (Lipinski definition) is 3. The predicted molar refractivity (Wildman–Crippen MR) is 52.4 cm³/mol. The van der Waals surface area contributed by atoms with Gasteiger partial charge in [0.1, 0.15) is 0 Å². The summed E-state index contributed by atoms with van der Waals surface area (Å²) in [5, 5.41) is 5.45. The fourth-order valence-electron chi connectivity index (χ4n) is 1.37. The molecule has 1 saturated heterocycles. The van der Waals surface area contributed by atoms with E-state index >= 15 is 0 Å². The Labute approximate surface area is 83.4 Å². The van der Waals surface area contributed by atoms with Gasteiger partial charge in [0.15, 0.2) is 0 Å². The van der Waals surface area contributed by atoms with Gasteiger partial charge in [-0.2, -0.15) is 0 Å². The van der Waals surface area contributed by atoms with Crippen LogP contribution in [0, 0.1) is 0 Å². The number of nitrogens with two attached hydrogens (primary N) is 1. The van der Waals surface area contributed by atoms with Crippen molar-refractivity contribution >= 4 is 11.8 Å². The molecule has 0 spiro atoms. The van der Waals surface area contributed by atoms with Crippen molar-refractivity contribution in [2.45, 2.75) is 38.3 Å². The van der Waals surface area contributed by atoms with Crippen molar-refractivity contribution in [1.29, 1.82) is 0 Å². The number of carbonyl (C=O) groups excluding carboxylic acids is 2. The van der Waals surface area contributed by atoms with Gasteiger partial charge in [-0.05, 0) is 13.3 Å². The first-order valence-corrected chi connectivity index (χ1v) is 4.89. The lowest BCUT2D eigenvalue weighted by Gasteiger charge is -2.10. The highest BCUT2D eigenvalue weighted by molar-refractivity contribution is 5.81. The molecule has 0 saturated carbocycles. The second-order valence-electron chi connectivity index (χ2n) is 3.79. The van der Waals surface area contributed by atoms with E-state index in [-0.39, 0.29) is 23.9 Å². The molecule has 0 aromatic carbocycles. The van der Waals surface area contributed by atoms with Gasteiger partial charge >= 0.3 is 0 Å². The summed E-state index contributed by atoms with van der Waals surface area (Å²) in [6.07, 6.45) is 1.51. The Hall–Kier alpha value is -1.10. The molecule has 5 nitrogen and oxygen atoms in total. The summed E-state index contributed by atoms with van der Waals surface area (Å²) in [4.78, 5) is 22.1. The van der Waals surface area contributed by atoms with Gasteiger partial charge in [-0.15, -0.1) is 0 Å². The molecular formula is C9H17N3O2. The summed E-state index contributed by atoms with van der Waals surface area (Å²) in [5.74, 6) is -0.0220. The fourth-order valence-corrected chi connectivity index (χ4v) is 1.37. The molecule has 4 N–H and O–H groups in total. The average molecular weight is 199 g/mol. The molecule has 2 amide bonds. The minimum absolute atomic E-state index is 0.00231. The predicted octanol–water partition coefficient (Wildman–Crippen LogP) is -0.881. The molecule has 0 aromatic heterocycles. The molecule has 2 atom stereocenters. The van der Waals surface area contributed by atoms with Crippen molar-refractivity contribution in [3.8, 4) is 0 Å². The Morgan fingerprint density at radius 1 is 1.79 bits per heavy atom. The lowest BCUT2D eigenvalue weighted by Crippen LogP contribution is -2.36. The van der Waals surface area contributed by atoms with Gasteiger partial charge in [-0.3, -0.25) is 9.59 Å². The van der Waals surface area contributed by atoms with Crippen molar-refractivity contribution in [1.82, 2.24) is 10.6 Å². The minimum Gasteiger partial charge on any atom is -0.354 e. The Bertz CT molecular complexity index is 228. The van der Waals surface area contributed by atoms with Crippen LogP contribution < -0.4 is 16.4 Å². The van der Waals surface area contributed by atoms with E-state index in [0.717, 1.165) is 0 Å². The van der Waals surface area contributed by atoms with Crippen LogP contribution in [0.4, 0.5) is 0 Å². The second kappa shape index (κ2) is 4.95. The van der Waals surface area contributed by atoms with Crippen LogP contribution >= 0.6 is 0 Å². The van der Waals surface area contributed by atoms with Crippen molar-refractivity contribution in [3.63, 3.8) is 0 Å². The van der Waals surface area contributed by atoms with Crippen LogP contribution in [0.15, 0.2) is 0 Å². The number of nitrogens with one attached hydrogen (secondary N) is 2. The van der Waals surface area contributed by atoms with Crippen LogP contribution in [0.2, 0.25) is 0 Å². The monoisotopic (exact) mass is 199 g/mol. The fraction of sp³-hybridized carbons (Fsp3) is 0.778. The quantitative estimate of drug-likeness (QED) is 0.549. The van der Waals surface area contributed by atoms with Gasteiger partial charge in [0, 0.05) is 25.4 Å². The van der Waals surface area contributed by atoms with Gasteiger partial charge in [-0.1, -0.05) is 0 Å². The Kier molecular flexibility index (Phi) is 3.88. The third kappa shape index (κ3) is 3.74. The Balaban J connectivity index is 2.17. The zero-order valence-electron chi connectivity index (χ0n) is 8.38. The zero-order chi connectivity index (χ0) is 10.6. The van der Waals surface area contributed by atoms with Gasteiger partial charge in [0.2, 0.25) is 11.8 Å². The molecule has 0 aromatic rings. The van der Waals surface area contributed by atoms with Crippen LogP contribution in [-0.4, -0.2) is 30.4 Å². The van der Waals surface area contributed by atoms with Gasteiger partial charge in [-0.25, -0.2) is 0 Å². The normalized spacial score (nSPS) is 23.0. The minimum atomic E-state index is -0.0388. The molecule has 14 heavy (non-hydrogen) atoms. The molecule has 1 heterocycles. The summed E-state index contributed by atoms with van der Waals surface area (Å²) in [6.45, 7) is 2.41. The highest BCUT2D eigenvalue weighted by Crippen LogP contribution is 2.00. The number of amides is 2. The molecule has 0 aliphatic carbocycles. The van der Waals surface area contributed by atoms with E-state index in [1.165, 1.54) is 0 Å². The third-order valence-corrected chi connectivity index (χ3v) is 2.17. The average Bonchev–Trinajstić information content (AvgIpc) is 2.48. The zero-order valence-corrected chi connectivity index (χ0v) is 8.38. The van der Waals surface area contributed by atoms with Crippen LogP contribution in [0.25, 0.3) is 0 Å². The number of rotatable bonds is 4. The first-order chi connectivity index (χ1) is 6.58. The van der Waals surface area contributed by atoms with Crippen LogP contribution in [0.1, 0.15) is 26.2 Å². The molecule has 2 unspecified atom stereocenters. The molecule has 1 aliphatic rings. The molecule has 1 rings (SSSR count). The Morgan fingerprint density at radius 3 is 3.00 bits per heavy atom. The highest BCUT2D eigenvalue weighted by atomic mass is 16.2. The van der Waals surface area contributed by atoms with Crippen LogP contribution in [-0.2, 0) is 9.59 Å². The highest BCUT2D eigenvalue weighted by Gasteiger charge is 2.22. The Morgan fingerprint density at radius 2 is 2.50 bits per heavy atom. The summed E-state index contributed by atoms with van der Waals surface area (Å²) in [7, 11) is 0. The van der Waals surface area contributed by atoms with E-state index in [4.69, 9.17) is 5.73 Å². The standard InChI is InChI=1S/C9H17N3O2/c1-6(10)2-3-8(13)12-7-4-9(14)11-5-7/h6-7H,2-5,10H2,1H3,(H,11,14)(H,12,13). The van der Waals surface area contributed by atoms with Crippen molar-refractivity contribution in [3.05, 3.63) is 0 Å². The third-order valence-electron chi connectivity index (χ3n) is 2.17. The van der Waals surface area contributed by atoms with E-state index in [9.17, 15) is 9.59 Å². The van der Waals surface area contributed by atoms with Crippen molar-refractivity contribution in [2.75, 3.05) is 6.54 Å². The smallest absolute Gasteiger partial charge is 0.222 e. The molecular weight excluding hydrogens is 182 g/mol. The number of carbonyl (C=O) groups is 2. The second-order valence-corrected chi connectivity index (χ2v) is 3.79. The van der Waals surface area contributed by atoms with Crippen molar-refractivity contribution < 1.29 is 9.59 Å². The van der Waals surface area contributed by atoms with E-state index in [1.807, 2.05) is 6.92 Å². The first kappa shape index (κ1) is 11.0. The lowest BCUT2D eigenvalue weighted by atomic mass is 10.2. The number of hydrogen-bond donors (Lipinski definition) is 3. The lowest BCUT2D eigenvalue weighted by molar-refractivity contribution is -0.121. The summed E-state index contributed by atoms with van der Waals surface area (Å²) in [6, 6.07) is 0.00663. The summed E-state index contributed by atoms with van der Waals surface area (Å²) < 4.78 is 0. The maximum atomic E-state index is 11.3. The summed E-state index contributed by atoms with van der Waals surface area (Å²) in [5.41, 5.74) is 5.52.